The molecule has 6 nitrogen and oxygen atoms in total. The van der Waals surface area contributed by atoms with Gasteiger partial charge in [0.25, 0.3) is 0 Å². The van der Waals surface area contributed by atoms with E-state index in [1.54, 1.807) is 23.9 Å². The molecule has 2 rings (SSSR count). The van der Waals surface area contributed by atoms with Crippen LogP contribution in [0.2, 0.25) is 0 Å². The molecule has 0 atom stereocenters. The molecule has 19 heavy (non-hydrogen) atoms. The average Bonchev–Trinajstić information content (AvgIpc) is 2.39. The fourth-order valence-corrected chi connectivity index (χ4v) is 1.83. The van der Waals surface area contributed by atoms with Crippen molar-refractivity contribution in [1.82, 2.24) is 4.98 Å². The summed E-state index contributed by atoms with van der Waals surface area (Å²) >= 11 is 1.59. The number of anilines is 1. The smallest absolute Gasteiger partial charge is 0.331 e. The summed E-state index contributed by atoms with van der Waals surface area (Å²) < 4.78 is 5.41. The fraction of sp³-hybridized carbons (Fsp3) is 0.0833. The first-order valence-electron chi connectivity index (χ1n) is 5.33. The van der Waals surface area contributed by atoms with Crippen molar-refractivity contribution >= 4 is 23.3 Å². The summed E-state index contributed by atoms with van der Waals surface area (Å²) in [7, 11) is 0. The third-order valence-corrected chi connectivity index (χ3v) is 3.08. The minimum Gasteiger partial charge on any atom is -0.434 e. The topological polar surface area (TPSA) is 91.3 Å². The van der Waals surface area contributed by atoms with Crippen LogP contribution in [-0.2, 0) is 0 Å². The molecular weight excluding hydrogens is 266 g/mol. The van der Waals surface area contributed by atoms with Gasteiger partial charge in [-0.05, 0) is 36.6 Å². The summed E-state index contributed by atoms with van der Waals surface area (Å²) in [5, 5.41) is 10.9. The van der Waals surface area contributed by atoms with E-state index in [1.807, 2.05) is 18.4 Å². The second-order valence-corrected chi connectivity index (χ2v) is 4.47. The lowest BCUT2D eigenvalue weighted by Gasteiger charge is -2.06. The van der Waals surface area contributed by atoms with E-state index in [4.69, 9.17) is 10.5 Å². The lowest BCUT2D eigenvalue weighted by atomic mass is 10.3. The van der Waals surface area contributed by atoms with Crippen molar-refractivity contribution in [1.29, 1.82) is 0 Å². The van der Waals surface area contributed by atoms with E-state index in [9.17, 15) is 10.1 Å². The minimum atomic E-state index is -0.558. The zero-order chi connectivity index (χ0) is 13.8. The van der Waals surface area contributed by atoms with Crippen LogP contribution >= 0.6 is 11.8 Å². The summed E-state index contributed by atoms with van der Waals surface area (Å²) in [6, 6.07) is 9.80. The van der Waals surface area contributed by atoms with Crippen LogP contribution in [-0.4, -0.2) is 16.2 Å². The Kier molecular flexibility index (Phi) is 3.86. The normalized spacial score (nSPS) is 10.2. The van der Waals surface area contributed by atoms with E-state index in [0.717, 1.165) is 4.90 Å². The molecule has 2 N–H and O–H groups in total. The number of nitrogen functional groups attached to an aromatic ring is 1. The minimum absolute atomic E-state index is 0.109. The Morgan fingerprint density at radius 3 is 2.53 bits per heavy atom. The van der Waals surface area contributed by atoms with Gasteiger partial charge in [0.15, 0.2) is 0 Å². The van der Waals surface area contributed by atoms with Crippen molar-refractivity contribution < 1.29 is 9.66 Å². The molecule has 7 heteroatoms. The molecule has 0 saturated carbocycles. The van der Waals surface area contributed by atoms with E-state index in [1.165, 1.54) is 12.1 Å². The molecular formula is C12H11N3O3S. The van der Waals surface area contributed by atoms with E-state index in [-0.39, 0.29) is 17.4 Å². The van der Waals surface area contributed by atoms with Crippen molar-refractivity contribution in [3.8, 4) is 11.6 Å². The standard InChI is InChI=1S/C12H11N3O3S/c1-19-9-4-2-8(3-5-9)18-12-10(15(16)17)6-7-11(13)14-12/h2-7H,1H3,(H2,13,14). The number of nitro groups is 1. The maximum Gasteiger partial charge on any atom is 0.331 e. The Morgan fingerprint density at radius 2 is 1.95 bits per heavy atom. The van der Waals surface area contributed by atoms with Gasteiger partial charge in [-0.1, -0.05) is 0 Å². The van der Waals surface area contributed by atoms with Gasteiger partial charge in [-0.15, -0.1) is 11.8 Å². The summed E-state index contributed by atoms with van der Waals surface area (Å²) in [5.74, 6) is 0.530. The highest BCUT2D eigenvalue weighted by molar-refractivity contribution is 7.98. The number of rotatable bonds is 4. The van der Waals surface area contributed by atoms with E-state index < -0.39 is 4.92 Å². The molecule has 98 valence electrons. The van der Waals surface area contributed by atoms with Crippen LogP contribution in [0.4, 0.5) is 11.5 Å². The van der Waals surface area contributed by atoms with Crippen LogP contribution in [0.15, 0.2) is 41.3 Å². The van der Waals surface area contributed by atoms with Gasteiger partial charge >= 0.3 is 11.6 Å². The third-order valence-electron chi connectivity index (χ3n) is 2.33. The van der Waals surface area contributed by atoms with Crippen LogP contribution in [0, 0.1) is 10.1 Å². The lowest BCUT2D eigenvalue weighted by Crippen LogP contribution is -1.98. The number of nitrogens with zero attached hydrogens (tertiary/aromatic N) is 2. The molecule has 0 aliphatic carbocycles. The first-order valence-corrected chi connectivity index (χ1v) is 6.55. The van der Waals surface area contributed by atoms with Crippen molar-refractivity contribution in [2.24, 2.45) is 0 Å². The number of nitrogens with two attached hydrogens (primary N) is 1. The molecule has 0 saturated heterocycles. The van der Waals surface area contributed by atoms with E-state index >= 15 is 0 Å². The number of benzene rings is 1. The zero-order valence-corrected chi connectivity index (χ0v) is 10.9. The molecule has 0 spiro atoms. The second kappa shape index (κ2) is 5.57. The molecule has 1 aromatic carbocycles. The van der Waals surface area contributed by atoms with Gasteiger partial charge in [-0.2, -0.15) is 4.98 Å². The SMILES string of the molecule is CSc1ccc(Oc2nc(N)ccc2[N+](=O)[O-])cc1. The van der Waals surface area contributed by atoms with Gasteiger partial charge in [-0.3, -0.25) is 10.1 Å². The van der Waals surface area contributed by atoms with Crippen LogP contribution in [0.5, 0.6) is 11.6 Å². The van der Waals surface area contributed by atoms with E-state index in [0.29, 0.717) is 5.75 Å². The number of hydrogen-bond acceptors (Lipinski definition) is 6. The predicted molar refractivity (Wildman–Crippen MR) is 73.6 cm³/mol. The Hall–Kier alpha value is -2.28. The highest BCUT2D eigenvalue weighted by Gasteiger charge is 2.17. The van der Waals surface area contributed by atoms with Crippen LogP contribution in [0.1, 0.15) is 0 Å². The monoisotopic (exact) mass is 277 g/mol. The number of thioether (sulfide) groups is 1. The molecule has 0 unspecified atom stereocenters. The third kappa shape index (κ3) is 3.14. The maximum atomic E-state index is 10.9. The van der Waals surface area contributed by atoms with Crippen LogP contribution < -0.4 is 10.5 Å². The highest BCUT2D eigenvalue weighted by atomic mass is 32.2. The van der Waals surface area contributed by atoms with Crippen molar-refractivity contribution in [2.75, 3.05) is 12.0 Å². The van der Waals surface area contributed by atoms with Gasteiger partial charge in [0.2, 0.25) is 0 Å². The fourth-order valence-electron chi connectivity index (χ4n) is 1.42. The van der Waals surface area contributed by atoms with Crippen molar-refractivity contribution in [2.45, 2.75) is 4.90 Å². The molecule has 1 aromatic heterocycles. The van der Waals surface area contributed by atoms with Gasteiger partial charge in [0.1, 0.15) is 11.6 Å². The van der Waals surface area contributed by atoms with Gasteiger partial charge in [0.05, 0.1) is 4.92 Å². The number of hydrogen-bond donors (Lipinski definition) is 1. The van der Waals surface area contributed by atoms with Gasteiger partial charge < -0.3 is 10.5 Å². The largest absolute Gasteiger partial charge is 0.434 e. The van der Waals surface area contributed by atoms with Crippen molar-refractivity contribution in [3.63, 3.8) is 0 Å². The quantitative estimate of drug-likeness (QED) is 0.524. The number of ether oxygens (including phenoxy) is 1. The Morgan fingerprint density at radius 1 is 1.26 bits per heavy atom. The number of pyridine rings is 1. The summed E-state index contributed by atoms with van der Waals surface area (Å²) in [4.78, 5) is 15.2. The molecule has 0 aliphatic rings. The first kappa shape index (κ1) is 13.2. The summed E-state index contributed by atoms with van der Waals surface area (Å²) in [6.45, 7) is 0. The van der Waals surface area contributed by atoms with Gasteiger partial charge in [-0.25, -0.2) is 0 Å². The van der Waals surface area contributed by atoms with Crippen molar-refractivity contribution in [3.05, 3.63) is 46.5 Å². The Balaban J connectivity index is 2.31. The summed E-state index contributed by atoms with van der Waals surface area (Å²) in [6.07, 6.45) is 1.96. The molecule has 0 aliphatic heterocycles. The molecule has 0 bridgehead atoms. The van der Waals surface area contributed by atoms with Crippen LogP contribution in [0.25, 0.3) is 0 Å². The Labute approximate surface area is 113 Å². The highest BCUT2D eigenvalue weighted by Crippen LogP contribution is 2.30. The molecule has 0 fully saturated rings. The Bertz CT molecular complexity index is 602. The summed E-state index contributed by atoms with van der Waals surface area (Å²) in [5.41, 5.74) is 5.29. The molecule has 1 heterocycles. The lowest BCUT2D eigenvalue weighted by molar-refractivity contribution is -0.386. The predicted octanol–water partition coefficient (Wildman–Crippen LogP) is 3.09. The van der Waals surface area contributed by atoms with Gasteiger partial charge in [0, 0.05) is 11.0 Å². The average molecular weight is 277 g/mol. The molecule has 2 aromatic rings. The van der Waals surface area contributed by atoms with Crippen LogP contribution in [0.3, 0.4) is 0 Å². The van der Waals surface area contributed by atoms with E-state index in [2.05, 4.69) is 4.98 Å². The molecule has 0 amide bonds. The first-order chi connectivity index (χ1) is 9.10. The second-order valence-electron chi connectivity index (χ2n) is 3.60. The molecule has 0 radical (unpaired) electrons. The number of aromatic nitrogens is 1. The zero-order valence-electron chi connectivity index (χ0n) is 10.1. The maximum absolute atomic E-state index is 10.9.